The highest BCUT2D eigenvalue weighted by atomic mass is 127. The number of carbonyl (C=O) groups is 2. The maximum Gasteiger partial charge on any atom is 0.303 e. The van der Waals surface area contributed by atoms with Crippen LogP contribution in [0.3, 0.4) is 0 Å². The van der Waals surface area contributed by atoms with E-state index >= 15 is 0 Å². The fourth-order valence-corrected chi connectivity index (χ4v) is 2.15. The van der Waals surface area contributed by atoms with Crippen LogP contribution in [-0.4, -0.2) is 23.5 Å². The summed E-state index contributed by atoms with van der Waals surface area (Å²) in [4.78, 5) is 22.5. The average molecular weight is 389 g/mol. The Hall–Kier alpha value is -1.11. The third-order valence-electron chi connectivity index (χ3n) is 3.21. The first-order chi connectivity index (χ1) is 9.30. The molecule has 0 radical (unpaired) electrons. The summed E-state index contributed by atoms with van der Waals surface area (Å²) in [6.45, 7) is 4.59. The molecule has 0 saturated carbocycles. The lowest BCUT2D eigenvalue weighted by molar-refractivity contribution is -0.137. The van der Waals surface area contributed by atoms with Crippen molar-refractivity contribution in [2.75, 3.05) is 6.54 Å². The molecule has 0 spiro atoms. The number of aliphatic carboxylic acids is 1. The molecule has 110 valence electrons. The van der Waals surface area contributed by atoms with Crippen molar-refractivity contribution in [3.05, 3.63) is 33.4 Å². The number of carboxylic acids is 1. The second-order valence-corrected chi connectivity index (χ2v) is 6.82. The van der Waals surface area contributed by atoms with Crippen LogP contribution in [0, 0.1) is 8.99 Å². The van der Waals surface area contributed by atoms with Crippen LogP contribution in [0.25, 0.3) is 0 Å². The second-order valence-electron chi connectivity index (χ2n) is 5.57. The summed E-state index contributed by atoms with van der Waals surface area (Å²) in [5.41, 5.74) is 0.561. The highest BCUT2D eigenvalue weighted by molar-refractivity contribution is 14.1. The summed E-state index contributed by atoms with van der Waals surface area (Å²) in [7, 11) is 0. The Balaban J connectivity index is 2.38. The fraction of sp³-hybridized carbons (Fsp3) is 0.467. The number of halogens is 1. The lowest BCUT2D eigenvalue weighted by Gasteiger charge is -2.23. The van der Waals surface area contributed by atoms with Gasteiger partial charge < -0.3 is 10.4 Å². The van der Waals surface area contributed by atoms with Crippen LogP contribution in [0.15, 0.2) is 24.3 Å². The number of rotatable bonds is 7. The normalized spacial score (nSPS) is 11.2. The van der Waals surface area contributed by atoms with Gasteiger partial charge in [-0.1, -0.05) is 13.8 Å². The molecule has 0 bridgehead atoms. The summed E-state index contributed by atoms with van der Waals surface area (Å²) < 4.78 is 1.09. The minimum Gasteiger partial charge on any atom is -0.481 e. The van der Waals surface area contributed by atoms with Gasteiger partial charge in [-0.25, -0.2) is 0 Å². The number of benzene rings is 1. The Kier molecular flexibility index (Phi) is 6.45. The smallest absolute Gasteiger partial charge is 0.303 e. The van der Waals surface area contributed by atoms with Crippen LogP contribution in [-0.2, 0) is 4.79 Å². The molecule has 0 atom stereocenters. The van der Waals surface area contributed by atoms with Gasteiger partial charge in [0.2, 0.25) is 0 Å². The molecule has 0 heterocycles. The Morgan fingerprint density at radius 1 is 1.20 bits per heavy atom. The molecule has 0 fully saturated rings. The van der Waals surface area contributed by atoms with Gasteiger partial charge in [0.15, 0.2) is 0 Å². The minimum atomic E-state index is -0.777. The zero-order chi connectivity index (χ0) is 15.2. The van der Waals surface area contributed by atoms with Crippen molar-refractivity contribution in [2.45, 2.75) is 33.1 Å². The maximum atomic E-state index is 11.9. The first-order valence-corrected chi connectivity index (χ1v) is 7.64. The molecule has 0 aliphatic heterocycles. The maximum absolute atomic E-state index is 11.9. The van der Waals surface area contributed by atoms with E-state index in [0.717, 1.165) is 9.99 Å². The van der Waals surface area contributed by atoms with Crippen LogP contribution in [0.2, 0.25) is 0 Å². The Morgan fingerprint density at radius 3 is 2.35 bits per heavy atom. The number of amides is 1. The lowest BCUT2D eigenvalue weighted by Crippen LogP contribution is -2.28. The van der Waals surface area contributed by atoms with Gasteiger partial charge >= 0.3 is 5.97 Å². The Labute approximate surface area is 133 Å². The fourth-order valence-electron chi connectivity index (χ4n) is 1.79. The molecule has 0 aliphatic rings. The first-order valence-electron chi connectivity index (χ1n) is 6.56. The third kappa shape index (κ3) is 6.36. The second kappa shape index (κ2) is 7.61. The molecule has 5 heteroatoms. The van der Waals surface area contributed by atoms with Crippen LogP contribution in [0.1, 0.15) is 43.5 Å². The van der Waals surface area contributed by atoms with E-state index < -0.39 is 5.97 Å². The van der Waals surface area contributed by atoms with Gasteiger partial charge in [0.25, 0.3) is 5.91 Å². The van der Waals surface area contributed by atoms with Gasteiger partial charge in [-0.05, 0) is 65.1 Å². The van der Waals surface area contributed by atoms with Gasteiger partial charge in [-0.2, -0.15) is 0 Å². The molecule has 2 N–H and O–H groups in total. The number of nitrogens with one attached hydrogen (secondary N) is 1. The number of carboxylic acid groups (broad SMARTS) is 1. The summed E-state index contributed by atoms with van der Waals surface area (Å²) in [6, 6.07) is 7.39. The van der Waals surface area contributed by atoms with Gasteiger partial charge in [-0.15, -0.1) is 0 Å². The zero-order valence-corrected chi connectivity index (χ0v) is 13.9. The third-order valence-corrected chi connectivity index (χ3v) is 3.93. The van der Waals surface area contributed by atoms with Crippen molar-refractivity contribution < 1.29 is 14.7 Å². The van der Waals surface area contributed by atoms with Crippen LogP contribution >= 0.6 is 22.6 Å². The van der Waals surface area contributed by atoms with Crippen molar-refractivity contribution in [1.82, 2.24) is 5.32 Å². The Morgan fingerprint density at radius 2 is 1.80 bits per heavy atom. The standard InChI is InChI=1S/C15H20INO3/c1-15(2,8-7-13(18)19)9-10-17-14(20)11-3-5-12(16)6-4-11/h3-6H,7-10H2,1-2H3,(H,17,20)(H,18,19). The molecular formula is C15H20INO3. The topological polar surface area (TPSA) is 66.4 Å². The molecule has 20 heavy (non-hydrogen) atoms. The predicted octanol–water partition coefficient (Wildman–Crippen LogP) is 3.30. The van der Waals surface area contributed by atoms with E-state index in [1.165, 1.54) is 0 Å². The number of hydrogen-bond acceptors (Lipinski definition) is 2. The van der Waals surface area contributed by atoms with E-state index in [1.807, 2.05) is 26.0 Å². The van der Waals surface area contributed by atoms with Crippen LogP contribution in [0.4, 0.5) is 0 Å². The number of hydrogen-bond donors (Lipinski definition) is 2. The van der Waals surface area contributed by atoms with Crippen molar-refractivity contribution in [2.24, 2.45) is 5.41 Å². The number of carbonyl (C=O) groups excluding carboxylic acids is 1. The summed E-state index contributed by atoms with van der Waals surface area (Å²) in [6.07, 6.45) is 1.54. The molecule has 4 nitrogen and oxygen atoms in total. The van der Waals surface area contributed by atoms with Gasteiger partial charge in [0.1, 0.15) is 0 Å². The largest absolute Gasteiger partial charge is 0.481 e. The van der Waals surface area contributed by atoms with E-state index in [2.05, 4.69) is 27.9 Å². The van der Waals surface area contributed by atoms with Crippen molar-refractivity contribution in [3.63, 3.8) is 0 Å². The minimum absolute atomic E-state index is 0.0856. The lowest BCUT2D eigenvalue weighted by atomic mass is 9.84. The van der Waals surface area contributed by atoms with E-state index in [9.17, 15) is 9.59 Å². The van der Waals surface area contributed by atoms with Crippen molar-refractivity contribution in [3.8, 4) is 0 Å². The molecule has 0 unspecified atom stereocenters. The highest BCUT2D eigenvalue weighted by Crippen LogP contribution is 2.26. The molecule has 1 aromatic carbocycles. The molecule has 0 saturated heterocycles. The zero-order valence-electron chi connectivity index (χ0n) is 11.8. The average Bonchev–Trinajstić information content (AvgIpc) is 2.37. The monoisotopic (exact) mass is 389 g/mol. The van der Waals surface area contributed by atoms with E-state index in [0.29, 0.717) is 18.5 Å². The molecule has 0 aromatic heterocycles. The summed E-state index contributed by atoms with van der Waals surface area (Å²) >= 11 is 2.19. The van der Waals surface area contributed by atoms with Gasteiger partial charge in [-0.3, -0.25) is 9.59 Å². The summed E-state index contributed by atoms with van der Waals surface area (Å²) in [5, 5.41) is 11.6. The molecule has 1 aromatic rings. The first kappa shape index (κ1) is 16.9. The predicted molar refractivity (Wildman–Crippen MR) is 86.8 cm³/mol. The van der Waals surface area contributed by atoms with Crippen molar-refractivity contribution in [1.29, 1.82) is 0 Å². The molecule has 0 aliphatic carbocycles. The van der Waals surface area contributed by atoms with Crippen molar-refractivity contribution >= 4 is 34.5 Å². The molecule has 1 amide bonds. The SMILES string of the molecule is CC(C)(CCNC(=O)c1ccc(I)cc1)CCC(=O)O. The van der Waals surface area contributed by atoms with Crippen LogP contribution in [0.5, 0.6) is 0 Å². The Bertz CT molecular complexity index is 469. The van der Waals surface area contributed by atoms with E-state index in [-0.39, 0.29) is 17.7 Å². The highest BCUT2D eigenvalue weighted by Gasteiger charge is 2.19. The molecular weight excluding hydrogens is 369 g/mol. The quantitative estimate of drug-likeness (QED) is 0.704. The van der Waals surface area contributed by atoms with Crippen LogP contribution < -0.4 is 5.32 Å². The summed E-state index contributed by atoms with van der Waals surface area (Å²) in [5.74, 6) is -0.864. The van der Waals surface area contributed by atoms with Gasteiger partial charge in [0, 0.05) is 22.1 Å². The van der Waals surface area contributed by atoms with E-state index in [4.69, 9.17) is 5.11 Å². The van der Waals surface area contributed by atoms with E-state index in [1.54, 1.807) is 12.1 Å². The molecule has 1 rings (SSSR count). The van der Waals surface area contributed by atoms with Gasteiger partial charge in [0.05, 0.1) is 0 Å².